The van der Waals surface area contributed by atoms with Crippen LogP contribution in [0.5, 0.6) is 5.75 Å². The van der Waals surface area contributed by atoms with E-state index < -0.39 is 34.4 Å². The number of carbonyl (C=O) groups excluding carboxylic acids is 2. The van der Waals surface area contributed by atoms with Crippen LogP contribution >= 0.6 is 0 Å². The number of carbonyl (C=O) groups is 2. The summed E-state index contributed by atoms with van der Waals surface area (Å²) in [5.41, 5.74) is 1.53. The van der Waals surface area contributed by atoms with Crippen molar-refractivity contribution in [3.8, 4) is 5.75 Å². The Morgan fingerprint density at radius 3 is 2.41 bits per heavy atom. The Hall–Kier alpha value is -3.76. The summed E-state index contributed by atoms with van der Waals surface area (Å²) in [5.74, 6) is -1.08. The lowest BCUT2D eigenvalue weighted by Gasteiger charge is -2.35. The normalized spacial score (nSPS) is 15.1. The average Bonchev–Trinajstić information content (AvgIpc) is 2.91. The molecule has 8 nitrogen and oxygen atoms in total. The Bertz CT molecular complexity index is 1350. The number of rotatable bonds is 9. The van der Waals surface area contributed by atoms with Gasteiger partial charge in [-0.2, -0.15) is 4.31 Å². The van der Waals surface area contributed by atoms with Gasteiger partial charge in [-0.1, -0.05) is 49.4 Å². The standard InChI is InChI=1S/C27H28FN3O5S/c1-2-30(37(34,35)22-14-12-21(28)13-15-22)19-26(32)31-18-25(36-24-11-7-6-10-23(24)31)27(33)29-17-16-20-8-4-3-5-9-20/h3-15,25H,2,16-19H2,1H3,(H,29,33)/t25-/m0/s1. The summed E-state index contributed by atoms with van der Waals surface area (Å²) in [7, 11) is -4.04. The van der Waals surface area contributed by atoms with E-state index in [1.54, 1.807) is 31.2 Å². The number of sulfonamides is 1. The number of amides is 2. The highest BCUT2D eigenvalue weighted by Crippen LogP contribution is 2.33. The predicted octanol–water partition coefficient (Wildman–Crippen LogP) is 2.99. The molecule has 4 rings (SSSR count). The van der Waals surface area contributed by atoms with Crippen molar-refractivity contribution < 1.29 is 27.1 Å². The van der Waals surface area contributed by atoms with Crippen LogP contribution in [0.2, 0.25) is 0 Å². The van der Waals surface area contributed by atoms with Crippen molar-refractivity contribution in [2.45, 2.75) is 24.3 Å². The second-order valence-electron chi connectivity index (χ2n) is 8.49. The minimum absolute atomic E-state index is 0.0286. The maximum atomic E-state index is 13.4. The van der Waals surface area contributed by atoms with E-state index in [4.69, 9.17) is 4.74 Å². The van der Waals surface area contributed by atoms with Crippen LogP contribution in [0.25, 0.3) is 0 Å². The molecular weight excluding hydrogens is 497 g/mol. The van der Waals surface area contributed by atoms with E-state index in [0.717, 1.165) is 34.1 Å². The van der Waals surface area contributed by atoms with Gasteiger partial charge in [0.2, 0.25) is 15.9 Å². The molecule has 0 radical (unpaired) electrons. The lowest BCUT2D eigenvalue weighted by atomic mass is 10.1. The zero-order valence-electron chi connectivity index (χ0n) is 20.3. The number of ether oxygens (including phenoxy) is 1. The van der Waals surface area contributed by atoms with Gasteiger partial charge >= 0.3 is 0 Å². The van der Waals surface area contributed by atoms with Crippen LogP contribution in [0.4, 0.5) is 10.1 Å². The number of fused-ring (bicyclic) bond motifs is 1. The van der Waals surface area contributed by atoms with Gasteiger partial charge < -0.3 is 15.0 Å². The van der Waals surface area contributed by atoms with Crippen LogP contribution in [0.15, 0.2) is 83.8 Å². The van der Waals surface area contributed by atoms with Gasteiger partial charge in [0, 0.05) is 13.1 Å². The summed E-state index contributed by atoms with van der Waals surface area (Å²) < 4.78 is 46.4. The van der Waals surface area contributed by atoms with Crippen molar-refractivity contribution in [1.29, 1.82) is 0 Å². The molecule has 0 bridgehead atoms. The summed E-state index contributed by atoms with van der Waals surface area (Å²) in [6.45, 7) is 1.53. The molecule has 10 heteroatoms. The highest BCUT2D eigenvalue weighted by Gasteiger charge is 2.35. The number of halogens is 1. The first-order valence-corrected chi connectivity index (χ1v) is 13.4. The molecule has 0 aliphatic carbocycles. The van der Waals surface area contributed by atoms with E-state index in [2.05, 4.69) is 5.32 Å². The maximum absolute atomic E-state index is 13.4. The van der Waals surface area contributed by atoms with E-state index >= 15 is 0 Å². The first kappa shape index (κ1) is 26.3. The Kier molecular flexibility index (Phi) is 8.20. The van der Waals surface area contributed by atoms with Crippen molar-refractivity contribution in [3.63, 3.8) is 0 Å². The quantitative estimate of drug-likeness (QED) is 0.464. The third-order valence-electron chi connectivity index (χ3n) is 6.04. The Morgan fingerprint density at radius 1 is 1.03 bits per heavy atom. The fraction of sp³-hybridized carbons (Fsp3) is 0.259. The van der Waals surface area contributed by atoms with E-state index in [9.17, 15) is 22.4 Å². The van der Waals surface area contributed by atoms with Gasteiger partial charge in [0.1, 0.15) is 11.6 Å². The SMILES string of the molecule is CCN(CC(=O)N1C[C@@H](C(=O)NCCc2ccccc2)Oc2ccccc21)S(=O)(=O)c1ccc(F)cc1. The molecule has 0 saturated carbocycles. The molecule has 0 unspecified atom stereocenters. The molecule has 1 N–H and O–H groups in total. The van der Waals surface area contributed by atoms with Gasteiger partial charge in [-0.15, -0.1) is 0 Å². The first-order valence-electron chi connectivity index (χ1n) is 11.9. The highest BCUT2D eigenvalue weighted by atomic mass is 32.2. The number of likely N-dealkylation sites (N-methyl/N-ethyl adjacent to an activating group) is 1. The van der Waals surface area contributed by atoms with Crippen LogP contribution < -0.4 is 15.0 Å². The van der Waals surface area contributed by atoms with Crippen LogP contribution in [0.3, 0.4) is 0 Å². The lowest BCUT2D eigenvalue weighted by molar-refractivity contribution is -0.128. The number of anilines is 1. The Morgan fingerprint density at radius 2 is 1.70 bits per heavy atom. The molecule has 1 aliphatic rings. The highest BCUT2D eigenvalue weighted by molar-refractivity contribution is 7.89. The van der Waals surface area contributed by atoms with Crippen LogP contribution in [-0.2, 0) is 26.0 Å². The van der Waals surface area contributed by atoms with E-state index in [1.807, 2.05) is 30.3 Å². The van der Waals surface area contributed by atoms with Crippen LogP contribution in [0.1, 0.15) is 12.5 Å². The molecular formula is C27H28FN3O5S. The molecule has 0 spiro atoms. The van der Waals surface area contributed by atoms with Gasteiger partial charge in [-0.25, -0.2) is 12.8 Å². The third-order valence-corrected chi connectivity index (χ3v) is 7.97. The zero-order chi connectivity index (χ0) is 26.4. The number of para-hydroxylation sites is 2. The molecule has 37 heavy (non-hydrogen) atoms. The third kappa shape index (κ3) is 6.15. The fourth-order valence-corrected chi connectivity index (χ4v) is 5.45. The molecule has 2 amide bonds. The van der Waals surface area contributed by atoms with Crippen molar-refractivity contribution >= 4 is 27.5 Å². The number of nitrogens with one attached hydrogen (secondary N) is 1. The maximum Gasteiger partial charge on any atom is 0.262 e. The Balaban J connectivity index is 1.48. The van der Waals surface area contributed by atoms with Gasteiger partial charge in [0.25, 0.3) is 5.91 Å². The molecule has 0 aromatic heterocycles. The molecule has 1 aliphatic heterocycles. The summed E-state index contributed by atoms with van der Waals surface area (Å²) in [6.07, 6.45) is -0.316. The van der Waals surface area contributed by atoms with Gasteiger partial charge in [-0.05, 0) is 48.4 Å². The predicted molar refractivity (Wildman–Crippen MR) is 137 cm³/mol. The second-order valence-corrected chi connectivity index (χ2v) is 10.4. The first-order chi connectivity index (χ1) is 17.8. The molecule has 3 aromatic carbocycles. The summed E-state index contributed by atoms with van der Waals surface area (Å²) in [5, 5.41) is 2.85. The molecule has 1 heterocycles. The van der Waals surface area contributed by atoms with Crippen molar-refractivity contribution in [1.82, 2.24) is 9.62 Å². The van der Waals surface area contributed by atoms with E-state index in [1.165, 1.54) is 4.90 Å². The summed E-state index contributed by atoms with van der Waals surface area (Å²) >= 11 is 0. The van der Waals surface area contributed by atoms with Crippen LogP contribution in [0, 0.1) is 5.82 Å². The largest absolute Gasteiger partial charge is 0.477 e. The molecule has 0 saturated heterocycles. The van der Waals surface area contributed by atoms with Gasteiger partial charge in [0.15, 0.2) is 6.10 Å². The molecule has 1 atom stereocenters. The molecule has 0 fully saturated rings. The molecule has 194 valence electrons. The minimum atomic E-state index is -4.04. The van der Waals surface area contributed by atoms with Crippen molar-refractivity contribution in [3.05, 3.63) is 90.2 Å². The smallest absolute Gasteiger partial charge is 0.262 e. The number of hydrogen-bond acceptors (Lipinski definition) is 5. The molecule has 3 aromatic rings. The minimum Gasteiger partial charge on any atom is -0.477 e. The van der Waals surface area contributed by atoms with E-state index in [0.29, 0.717) is 24.4 Å². The number of nitrogens with zero attached hydrogens (tertiary/aromatic N) is 2. The fourth-order valence-electron chi connectivity index (χ4n) is 4.05. The van der Waals surface area contributed by atoms with Gasteiger partial charge in [0.05, 0.1) is 23.7 Å². The average molecular weight is 526 g/mol. The van der Waals surface area contributed by atoms with Crippen molar-refractivity contribution in [2.75, 3.05) is 31.1 Å². The monoisotopic (exact) mass is 525 g/mol. The summed E-state index contributed by atoms with van der Waals surface area (Å²) in [4.78, 5) is 27.6. The zero-order valence-corrected chi connectivity index (χ0v) is 21.2. The van der Waals surface area contributed by atoms with Gasteiger partial charge in [-0.3, -0.25) is 9.59 Å². The second kappa shape index (κ2) is 11.5. The lowest BCUT2D eigenvalue weighted by Crippen LogP contribution is -2.53. The van der Waals surface area contributed by atoms with E-state index in [-0.39, 0.29) is 23.9 Å². The van der Waals surface area contributed by atoms with Crippen molar-refractivity contribution in [2.24, 2.45) is 0 Å². The summed E-state index contributed by atoms with van der Waals surface area (Å²) in [6, 6.07) is 21.0. The topological polar surface area (TPSA) is 96.0 Å². The number of hydrogen-bond donors (Lipinski definition) is 1. The van der Waals surface area contributed by atoms with Crippen LogP contribution in [-0.4, -0.2) is 56.8 Å². The Labute approximate surface area is 215 Å². The number of benzene rings is 3.